The minimum absolute atomic E-state index is 0.222. The van der Waals surface area contributed by atoms with Crippen LogP contribution in [0.25, 0.3) is 0 Å². The molecule has 1 amide bonds. The molecule has 7 heteroatoms. The second-order valence-electron chi connectivity index (χ2n) is 4.43. The number of hydrogen-bond donors (Lipinski definition) is 3. The topological polar surface area (TPSA) is 111 Å². The van der Waals surface area contributed by atoms with Gasteiger partial charge >= 0.3 is 5.97 Å². The molecule has 1 aromatic carbocycles. The van der Waals surface area contributed by atoms with Crippen LogP contribution in [-0.2, 0) is 16.0 Å². The van der Waals surface area contributed by atoms with Crippen molar-refractivity contribution in [2.75, 3.05) is 13.3 Å². The van der Waals surface area contributed by atoms with Crippen LogP contribution in [0.4, 0.5) is 0 Å². The smallest absolute Gasteiger partial charge is 0.305 e. The summed E-state index contributed by atoms with van der Waals surface area (Å²) in [6.45, 7) is 0.603. The van der Waals surface area contributed by atoms with Crippen LogP contribution in [0.1, 0.15) is 12.0 Å². The number of nitrogens with two attached hydrogens (primary N) is 1. The van der Waals surface area contributed by atoms with E-state index in [2.05, 4.69) is 5.32 Å². The number of ether oxygens (including phenoxy) is 2. The summed E-state index contributed by atoms with van der Waals surface area (Å²) in [7, 11) is 0. The maximum Gasteiger partial charge on any atom is 0.305 e. The van der Waals surface area contributed by atoms with Gasteiger partial charge in [0.15, 0.2) is 11.5 Å². The van der Waals surface area contributed by atoms with Gasteiger partial charge in [-0.05, 0) is 24.1 Å². The summed E-state index contributed by atoms with van der Waals surface area (Å²) in [5, 5.41) is 11.1. The summed E-state index contributed by atoms with van der Waals surface area (Å²) in [5.41, 5.74) is 6.43. The molecule has 7 nitrogen and oxygen atoms in total. The monoisotopic (exact) mass is 280 g/mol. The number of carbonyl (C=O) groups is 2. The van der Waals surface area contributed by atoms with Crippen molar-refractivity contribution in [2.24, 2.45) is 5.73 Å². The zero-order valence-electron chi connectivity index (χ0n) is 10.8. The third kappa shape index (κ3) is 3.61. The molecular weight excluding hydrogens is 264 g/mol. The number of aliphatic carboxylic acids is 1. The molecule has 4 N–H and O–H groups in total. The SMILES string of the molecule is NC(CC(=O)O)C(=O)NCCc1ccc2c(c1)OCO2. The minimum atomic E-state index is -1.09. The van der Waals surface area contributed by atoms with Gasteiger partial charge in [0.05, 0.1) is 12.5 Å². The predicted octanol–water partition coefficient (Wildman–Crippen LogP) is -0.124. The van der Waals surface area contributed by atoms with Gasteiger partial charge in [0.2, 0.25) is 12.7 Å². The molecule has 1 atom stereocenters. The Morgan fingerprint density at radius 3 is 2.85 bits per heavy atom. The van der Waals surface area contributed by atoms with Crippen LogP contribution >= 0.6 is 0 Å². The van der Waals surface area contributed by atoms with Crippen molar-refractivity contribution in [2.45, 2.75) is 18.9 Å². The van der Waals surface area contributed by atoms with E-state index in [4.69, 9.17) is 20.3 Å². The fraction of sp³-hybridized carbons (Fsp3) is 0.385. The molecule has 0 bridgehead atoms. The van der Waals surface area contributed by atoms with Gasteiger partial charge in [-0.15, -0.1) is 0 Å². The van der Waals surface area contributed by atoms with Gasteiger partial charge in [-0.25, -0.2) is 0 Å². The number of fused-ring (bicyclic) bond motifs is 1. The highest BCUT2D eigenvalue weighted by molar-refractivity contribution is 5.85. The molecule has 108 valence electrons. The number of rotatable bonds is 6. The minimum Gasteiger partial charge on any atom is -0.481 e. The van der Waals surface area contributed by atoms with E-state index in [1.54, 1.807) is 0 Å². The van der Waals surface area contributed by atoms with Crippen LogP contribution < -0.4 is 20.5 Å². The maximum atomic E-state index is 11.5. The van der Waals surface area contributed by atoms with Gasteiger partial charge < -0.3 is 25.6 Å². The van der Waals surface area contributed by atoms with Gasteiger partial charge in [-0.3, -0.25) is 9.59 Å². The second kappa shape index (κ2) is 6.25. The third-order valence-corrected chi connectivity index (χ3v) is 2.88. The zero-order valence-corrected chi connectivity index (χ0v) is 10.8. The van der Waals surface area contributed by atoms with Crippen LogP contribution in [0.2, 0.25) is 0 Å². The summed E-state index contributed by atoms with van der Waals surface area (Å²) in [4.78, 5) is 21.9. The Morgan fingerprint density at radius 2 is 2.10 bits per heavy atom. The van der Waals surface area contributed by atoms with Gasteiger partial charge in [-0.2, -0.15) is 0 Å². The average Bonchev–Trinajstić information content (AvgIpc) is 2.85. The normalized spacial score (nSPS) is 13.8. The number of benzene rings is 1. The molecule has 0 saturated heterocycles. The lowest BCUT2D eigenvalue weighted by Gasteiger charge is -2.10. The van der Waals surface area contributed by atoms with Crippen molar-refractivity contribution in [3.63, 3.8) is 0 Å². The summed E-state index contributed by atoms with van der Waals surface area (Å²) >= 11 is 0. The molecule has 0 fully saturated rings. The Bertz CT molecular complexity index is 517. The lowest BCUT2D eigenvalue weighted by Crippen LogP contribution is -2.42. The van der Waals surface area contributed by atoms with E-state index in [-0.39, 0.29) is 13.2 Å². The largest absolute Gasteiger partial charge is 0.481 e. The number of carboxylic acid groups (broad SMARTS) is 1. The molecule has 0 saturated carbocycles. The molecule has 0 aliphatic carbocycles. The molecule has 1 aromatic rings. The van der Waals surface area contributed by atoms with Gasteiger partial charge in [0.1, 0.15) is 0 Å². The van der Waals surface area contributed by atoms with Crippen LogP contribution in [0.15, 0.2) is 18.2 Å². The summed E-state index contributed by atoms with van der Waals surface area (Å²) in [6.07, 6.45) is 0.220. The summed E-state index contributed by atoms with van der Waals surface area (Å²) in [5.74, 6) is -0.158. The highest BCUT2D eigenvalue weighted by Gasteiger charge is 2.17. The first-order valence-corrected chi connectivity index (χ1v) is 6.20. The molecule has 0 radical (unpaired) electrons. The van der Waals surface area contributed by atoms with E-state index < -0.39 is 17.9 Å². The van der Waals surface area contributed by atoms with Crippen molar-refractivity contribution in [3.8, 4) is 11.5 Å². The Labute approximate surface area is 115 Å². The summed E-state index contributed by atoms with van der Waals surface area (Å²) < 4.78 is 10.5. The number of amides is 1. The fourth-order valence-corrected chi connectivity index (χ4v) is 1.84. The van der Waals surface area contributed by atoms with Crippen molar-refractivity contribution < 1.29 is 24.2 Å². The Kier molecular flexibility index (Phi) is 4.41. The molecule has 1 aliphatic heterocycles. The first-order valence-electron chi connectivity index (χ1n) is 6.20. The van der Waals surface area contributed by atoms with Crippen molar-refractivity contribution in [3.05, 3.63) is 23.8 Å². The van der Waals surface area contributed by atoms with Gasteiger partial charge in [0.25, 0.3) is 0 Å². The van der Waals surface area contributed by atoms with Crippen LogP contribution in [0, 0.1) is 0 Å². The lowest BCUT2D eigenvalue weighted by atomic mass is 10.1. The van der Waals surface area contributed by atoms with Gasteiger partial charge in [-0.1, -0.05) is 6.07 Å². The van der Waals surface area contributed by atoms with Gasteiger partial charge in [0, 0.05) is 6.54 Å². The van der Waals surface area contributed by atoms with Crippen LogP contribution in [-0.4, -0.2) is 36.4 Å². The fourth-order valence-electron chi connectivity index (χ4n) is 1.84. The standard InChI is InChI=1S/C13H16N2O5/c14-9(6-12(16)17)13(18)15-4-3-8-1-2-10-11(5-8)20-7-19-10/h1-2,5,9H,3-4,6-7,14H2,(H,15,18)(H,16,17). The van der Waals surface area contributed by atoms with Crippen molar-refractivity contribution >= 4 is 11.9 Å². The van der Waals surface area contributed by atoms with E-state index in [0.29, 0.717) is 24.5 Å². The molecule has 20 heavy (non-hydrogen) atoms. The Balaban J connectivity index is 1.78. The predicted molar refractivity (Wildman–Crippen MR) is 69.5 cm³/mol. The van der Waals surface area contributed by atoms with Crippen molar-refractivity contribution in [1.29, 1.82) is 0 Å². The molecule has 0 aromatic heterocycles. The molecule has 1 unspecified atom stereocenters. The number of nitrogens with one attached hydrogen (secondary N) is 1. The first kappa shape index (κ1) is 14.1. The summed E-state index contributed by atoms with van der Waals surface area (Å²) in [6, 6.07) is 4.53. The van der Waals surface area contributed by atoms with Crippen molar-refractivity contribution in [1.82, 2.24) is 5.32 Å². The number of carboxylic acids is 1. The van der Waals surface area contributed by atoms with E-state index in [1.165, 1.54) is 0 Å². The lowest BCUT2D eigenvalue weighted by molar-refractivity contribution is -0.139. The average molecular weight is 280 g/mol. The zero-order chi connectivity index (χ0) is 14.5. The molecule has 0 spiro atoms. The molecule has 1 heterocycles. The van der Waals surface area contributed by atoms with E-state index in [9.17, 15) is 9.59 Å². The number of carbonyl (C=O) groups excluding carboxylic acids is 1. The molecule has 1 aliphatic rings. The highest BCUT2D eigenvalue weighted by atomic mass is 16.7. The van der Waals surface area contributed by atoms with Crippen LogP contribution in [0.5, 0.6) is 11.5 Å². The first-order chi connectivity index (χ1) is 9.56. The van der Waals surface area contributed by atoms with Crippen LogP contribution in [0.3, 0.4) is 0 Å². The molecule has 2 rings (SSSR count). The Morgan fingerprint density at radius 1 is 1.35 bits per heavy atom. The second-order valence-corrected chi connectivity index (χ2v) is 4.43. The van der Waals surface area contributed by atoms with E-state index in [1.807, 2.05) is 18.2 Å². The molecular formula is C13H16N2O5. The number of hydrogen-bond acceptors (Lipinski definition) is 5. The quantitative estimate of drug-likeness (QED) is 0.669. The highest BCUT2D eigenvalue weighted by Crippen LogP contribution is 2.32. The maximum absolute atomic E-state index is 11.5. The third-order valence-electron chi connectivity index (χ3n) is 2.88. The Hall–Kier alpha value is -2.28. The van der Waals surface area contributed by atoms with E-state index in [0.717, 1.165) is 5.56 Å². The van der Waals surface area contributed by atoms with E-state index >= 15 is 0 Å².